The van der Waals surface area contributed by atoms with Crippen molar-refractivity contribution in [1.29, 1.82) is 0 Å². The van der Waals surface area contributed by atoms with Gasteiger partial charge in [0, 0.05) is 15.4 Å². The number of hydrogen-bond donors (Lipinski definition) is 0. The molecular weight excluding hydrogens is 357 g/mol. The number of amides is 1. The summed E-state index contributed by atoms with van der Waals surface area (Å²) in [4.78, 5) is 9.71. The number of halogens is 2. The molecule has 0 heterocycles. The van der Waals surface area contributed by atoms with E-state index in [2.05, 4.69) is 55.6 Å². The van der Waals surface area contributed by atoms with Gasteiger partial charge in [-0.25, -0.2) is 0 Å². The van der Waals surface area contributed by atoms with Gasteiger partial charge in [0.05, 0.1) is 0 Å². The van der Waals surface area contributed by atoms with Gasteiger partial charge in [-0.2, -0.15) is 17.5 Å². The van der Waals surface area contributed by atoms with Crippen LogP contribution in [-0.4, -0.2) is 15.4 Å². The number of fused-ring (bicyclic) bond motifs is 1. The topological polar surface area (TPSA) is 40.9 Å². The third-order valence-electron chi connectivity index (χ3n) is 2.02. The largest absolute Gasteiger partial charge is 4.00 e. The van der Waals surface area contributed by atoms with Gasteiger partial charge in [0.1, 0.15) is 0 Å². The molecule has 2 radical (unpaired) electrons. The Bertz CT molecular complexity index is 422. The molecule has 1 amide bonds. The third kappa shape index (κ3) is 16.0. The first-order chi connectivity index (χ1) is 8.65. The smallest absolute Gasteiger partial charge is 1.00 e. The minimum absolute atomic E-state index is 0. The molecule has 0 fully saturated rings. The maximum absolute atomic E-state index is 9.71. The third-order valence-corrected chi connectivity index (χ3v) is 2.02. The SMILES string of the molecule is CCCC([NH-])=O.C[Si]C.[Cl-].[Cl-].[Ti+4].c1ccc2[cH-]ccc2c1. The molecular formula is C15H21Cl2NOSiTi. The minimum Gasteiger partial charge on any atom is -1.00 e. The summed E-state index contributed by atoms with van der Waals surface area (Å²) in [5.74, 6) is -0.461. The van der Waals surface area contributed by atoms with E-state index in [0.29, 0.717) is 6.42 Å². The zero-order valence-corrected chi connectivity index (χ0v) is 16.7. The first-order valence-corrected chi connectivity index (χ1v) is 8.09. The van der Waals surface area contributed by atoms with Crippen LogP contribution in [0.3, 0.4) is 0 Å². The van der Waals surface area contributed by atoms with E-state index in [-0.39, 0.29) is 46.5 Å². The summed E-state index contributed by atoms with van der Waals surface area (Å²) in [6, 6.07) is 14.7. The quantitative estimate of drug-likeness (QED) is 0.474. The molecule has 1 N–H and O–H groups in total. The number of rotatable bonds is 2. The van der Waals surface area contributed by atoms with Crippen LogP contribution in [0.1, 0.15) is 19.8 Å². The van der Waals surface area contributed by atoms with Gasteiger partial charge in [-0.3, -0.25) is 0 Å². The molecule has 6 heteroatoms. The Labute approximate surface area is 158 Å². The van der Waals surface area contributed by atoms with E-state index in [1.165, 1.54) is 10.8 Å². The Kier molecular flexibility index (Phi) is 27.3. The molecule has 114 valence electrons. The van der Waals surface area contributed by atoms with Crippen LogP contribution in [0.2, 0.25) is 13.1 Å². The van der Waals surface area contributed by atoms with Gasteiger partial charge in [-0.1, -0.05) is 32.5 Å². The van der Waals surface area contributed by atoms with E-state index in [4.69, 9.17) is 5.73 Å². The summed E-state index contributed by atoms with van der Waals surface area (Å²) in [6.45, 7) is 6.19. The predicted octanol–water partition coefficient (Wildman–Crippen LogP) is -1.28. The van der Waals surface area contributed by atoms with E-state index in [9.17, 15) is 4.79 Å². The molecule has 0 aliphatic carbocycles. The summed E-state index contributed by atoms with van der Waals surface area (Å²) in [7, 11) is 1.08. The fraction of sp³-hybridized carbons (Fsp3) is 0.333. The van der Waals surface area contributed by atoms with Crippen LogP contribution in [0.4, 0.5) is 0 Å². The minimum atomic E-state index is -0.461. The van der Waals surface area contributed by atoms with Crippen molar-refractivity contribution in [2.45, 2.75) is 32.9 Å². The van der Waals surface area contributed by atoms with E-state index in [0.717, 1.165) is 15.9 Å². The molecule has 2 aromatic rings. The van der Waals surface area contributed by atoms with Crippen LogP contribution in [0.25, 0.3) is 16.5 Å². The normalized spacial score (nSPS) is 7.57. The molecule has 0 unspecified atom stereocenters. The maximum atomic E-state index is 9.71. The monoisotopic (exact) mass is 377 g/mol. The van der Waals surface area contributed by atoms with Crippen LogP contribution in [0.15, 0.2) is 42.5 Å². The summed E-state index contributed by atoms with van der Waals surface area (Å²) in [5, 5.41) is 2.66. The van der Waals surface area contributed by atoms with Crippen molar-refractivity contribution in [2.75, 3.05) is 0 Å². The van der Waals surface area contributed by atoms with Gasteiger partial charge in [-0.15, -0.1) is 29.7 Å². The fourth-order valence-corrected chi connectivity index (χ4v) is 1.30. The summed E-state index contributed by atoms with van der Waals surface area (Å²) in [5.41, 5.74) is 6.34. The van der Waals surface area contributed by atoms with Crippen molar-refractivity contribution in [3.05, 3.63) is 48.2 Å². The molecule has 0 atom stereocenters. The number of nitrogens with one attached hydrogen (secondary N) is 1. The Hall–Kier alpha value is -0.189. The fourth-order valence-electron chi connectivity index (χ4n) is 1.30. The van der Waals surface area contributed by atoms with Crippen molar-refractivity contribution in [2.24, 2.45) is 0 Å². The molecule has 21 heavy (non-hydrogen) atoms. The van der Waals surface area contributed by atoms with Crippen LogP contribution in [0, 0.1) is 0 Å². The predicted molar refractivity (Wildman–Crippen MR) is 81.3 cm³/mol. The summed E-state index contributed by atoms with van der Waals surface area (Å²) >= 11 is 0. The van der Waals surface area contributed by atoms with Crippen molar-refractivity contribution in [3.63, 3.8) is 0 Å². The van der Waals surface area contributed by atoms with Gasteiger partial charge in [-0.05, 0) is 6.42 Å². The Morgan fingerprint density at radius 1 is 1.19 bits per heavy atom. The second-order valence-corrected chi connectivity index (χ2v) is 4.83. The van der Waals surface area contributed by atoms with E-state index in [1.54, 1.807) is 0 Å². The maximum Gasteiger partial charge on any atom is 4.00 e. The second-order valence-electron chi connectivity index (χ2n) is 3.83. The molecule has 2 rings (SSSR count). The molecule has 0 aromatic heterocycles. The average Bonchev–Trinajstić information content (AvgIpc) is 2.78. The Balaban J connectivity index is -0.000000109. The van der Waals surface area contributed by atoms with Crippen molar-refractivity contribution in [3.8, 4) is 0 Å². The van der Waals surface area contributed by atoms with Gasteiger partial charge in [0.15, 0.2) is 0 Å². The molecule has 2 aromatic carbocycles. The molecule has 0 aliphatic rings. The van der Waals surface area contributed by atoms with Crippen molar-refractivity contribution in [1.82, 2.24) is 0 Å². The average molecular weight is 378 g/mol. The first-order valence-electron chi connectivity index (χ1n) is 6.09. The van der Waals surface area contributed by atoms with Gasteiger partial charge < -0.3 is 35.3 Å². The molecule has 2 nitrogen and oxygen atoms in total. The van der Waals surface area contributed by atoms with E-state index < -0.39 is 5.91 Å². The second kappa shape index (κ2) is 19.8. The van der Waals surface area contributed by atoms with Crippen LogP contribution >= 0.6 is 0 Å². The van der Waals surface area contributed by atoms with Crippen LogP contribution in [0.5, 0.6) is 0 Å². The van der Waals surface area contributed by atoms with Crippen molar-refractivity contribution < 1.29 is 51.3 Å². The zero-order valence-electron chi connectivity index (χ0n) is 12.6. The number of benzene rings is 1. The van der Waals surface area contributed by atoms with E-state index >= 15 is 0 Å². The summed E-state index contributed by atoms with van der Waals surface area (Å²) in [6.07, 6.45) is 1.20. The Morgan fingerprint density at radius 3 is 2.10 bits per heavy atom. The molecule has 0 spiro atoms. The van der Waals surface area contributed by atoms with Crippen molar-refractivity contribution >= 4 is 26.2 Å². The van der Waals surface area contributed by atoms with Gasteiger partial charge in [0.25, 0.3) is 0 Å². The zero-order chi connectivity index (χ0) is 13.8. The van der Waals surface area contributed by atoms with Gasteiger partial charge in [0.2, 0.25) is 0 Å². The number of carbonyl (C=O) groups excluding carboxylic acids is 1. The first kappa shape index (κ1) is 28.9. The van der Waals surface area contributed by atoms with Gasteiger partial charge >= 0.3 is 21.7 Å². The molecule has 0 saturated carbocycles. The van der Waals surface area contributed by atoms with E-state index in [1.807, 2.05) is 6.92 Å². The summed E-state index contributed by atoms with van der Waals surface area (Å²) < 4.78 is 0. The molecule has 0 aliphatic heterocycles. The standard InChI is InChI=1S/C9H7.C4H9NO.C2H6Si.2ClH.Ti/c1-2-5-9-7-3-6-8(9)4-1;1-2-3-4(5)6;1-3-2;;;/h1-7H;2-3H2,1H3,(H2,5,6);1-2H3;2*1H;/q-1;;;;;+4/p-3. The number of carbonyl (C=O) groups is 1. The number of hydrogen-bond acceptors (Lipinski definition) is 1. The molecule has 0 bridgehead atoms. The van der Waals surface area contributed by atoms with Crippen LogP contribution in [-0.2, 0) is 26.5 Å². The van der Waals surface area contributed by atoms with Crippen LogP contribution < -0.4 is 24.8 Å². The molecule has 0 saturated heterocycles. The Morgan fingerprint density at radius 2 is 1.71 bits per heavy atom.